The Morgan fingerprint density at radius 2 is 1.60 bits per heavy atom. The molecule has 2 heterocycles. The summed E-state index contributed by atoms with van der Waals surface area (Å²) in [6, 6.07) is 13.7. The van der Waals surface area contributed by atoms with Crippen LogP contribution in [0.2, 0.25) is 0 Å². The van der Waals surface area contributed by atoms with Crippen LogP contribution in [0.4, 0.5) is 0 Å². The van der Waals surface area contributed by atoms with Crippen molar-refractivity contribution in [3.8, 4) is 34.5 Å². The van der Waals surface area contributed by atoms with Gasteiger partial charge in [0.2, 0.25) is 11.5 Å². The van der Waals surface area contributed by atoms with Crippen molar-refractivity contribution in [1.82, 2.24) is 0 Å². The summed E-state index contributed by atoms with van der Waals surface area (Å²) < 4.78 is 27.3. The van der Waals surface area contributed by atoms with Crippen molar-refractivity contribution in [2.24, 2.45) is 0 Å². The Bertz CT molecular complexity index is 1350. The predicted molar refractivity (Wildman–Crippen MR) is 126 cm³/mol. The average Bonchev–Trinajstić information content (AvgIpc) is 3.19. The second kappa shape index (κ2) is 8.72. The minimum atomic E-state index is -0.516. The zero-order valence-electron chi connectivity index (χ0n) is 19.3. The first-order valence-electron chi connectivity index (χ1n) is 10.8. The number of hydrogen-bond donors (Lipinski definition) is 1. The molecule has 0 saturated heterocycles. The highest BCUT2D eigenvalue weighted by molar-refractivity contribution is 6.15. The molecule has 3 aromatic carbocycles. The van der Waals surface area contributed by atoms with E-state index < -0.39 is 11.9 Å². The number of phenolic OH excluding ortho intramolecular Hbond substituents is 1. The van der Waals surface area contributed by atoms with Crippen molar-refractivity contribution < 1.29 is 38.4 Å². The minimum absolute atomic E-state index is 0.00954. The lowest BCUT2D eigenvalue weighted by molar-refractivity contribution is -0.135. The summed E-state index contributed by atoms with van der Waals surface area (Å²) in [7, 11) is 4.44. The SMILES string of the molecule is COc1ccc(/C=C2\Oc3c(ccc4c3[C@@H](c3cc(OC)c(O)c(OC)c3)CC(=O)O4)C2=O)cc1. The van der Waals surface area contributed by atoms with Crippen LogP contribution in [0, 0.1) is 0 Å². The van der Waals surface area contributed by atoms with Crippen LogP contribution in [-0.4, -0.2) is 38.2 Å². The number of aromatic hydroxyl groups is 1. The number of carbonyl (C=O) groups excluding carboxylic acids is 2. The third-order valence-electron chi connectivity index (χ3n) is 6.10. The Balaban J connectivity index is 1.61. The number of esters is 1. The third kappa shape index (κ3) is 3.82. The lowest BCUT2D eigenvalue weighted by atomic mass is 9.84. The Kier molecular flexibility index (Phi) is 5.56. The number of ether oxygens (including phenoxy) is 5. The number of phenols is 1. The van der Waals surface area contributed by atoms with E-state index in [1.54, 1.807) is 49.6 Å². The van der Waals surface area contributed by atoms with Gasteiger partial charge in [-0.15, -0.1) is 0 Å². The van der Waals surface area contributed by atoms with E-state index in [0.717, 1.165) is 5.56 Å². The molecule has 1 atom stereocenters. The van der Waals surface area contributed by atoms with Crippen LogP contribution in [0.1, 0.15) is 39.4 Å². The summed E-state index contributed by atoms with van der Waals surface area (Å²) in [5.74, 6) is 0.563. The van der Waals surface area contributed by atoms with Crippen molar-refractivity contribution in [1.29, 1.82) is 0 Å². The van der Waals surface area contributed by atoms with E-state index in [-0.39, 0.29) is 35.2 Å². The van der Waals surface area contributed by atoms with E-state index in [4.69, 9.17) is 23.7 Å². The van der Waals surface area contributed by atoms with Crippen molar-refractivity contribution in [3.05, 3.63) is 76.5 Å². The molecule has 0 bridgehead atoms. The molecule has 5 rings (SSSR count). The van der Waals surface area contributed by atoms with E-state index in [1.807, 2.05) is 12.1 Å². The Hall–Kier alpha value is -4.46. The monoisotopic (exact) mass is 474 g/mol. The number of carbonyl (C=O) groups is 2. The second-order valence-corrected chi connectivity index (χ2v) is 8.07. The first kappa shape index (κ1) is 22.3. The second-order valence-electron chi connectivity index (χ2n) is 8.07. The number of Topliss-reactive ketones (excluding diaryl/α,β-unsaturated/α-hetero) is 1. The van der Waals surface area contributed by atoms with Crippen LogP contribution >= 0.6 is 0 Å². The highest BCUT2D eigenvalue weighted by atomic mass is 16.5. The molecule has 0 aromatic heterocycles. The molecule has 3 aromatic rings. The van der Waals surface area contributed by atoms with Gasteiger partial charge in [0.05, 0.1) is 33.3 Å². The zero-order valence-corrected chi connectivity index (χ0v) is 19.3. The quantitative estimate of drug-likeness (QED) is 0.328. The van der Waals surface area contributed by atoms with Crippen molar-refractivity contribution >= 4 is 17.8 Å². The number of ketones is 1. The Morgan fingerprint density at radius 1 is 0.914 bits per heavy atom. The molecule has 8 heteroatoms. The van der Waals surface area contributed by atoms with Gasteiger partial charge in [-0.05, 0) is 53.6 Å². The average molecular weight is 474 g/mol. The lowest BCUT2D eigenvalue weighted by Gasteiger charge is -2.27. The molecule has 0 spiro atoms. The van der Waals surface area contributed by atoms with Gasteiger partial charge in [0.1, 0.15) is 17.2 Å². The molecular weight excluding hydrogens is 452 g/mol. The first-order chi connectivity index (χ1) is 16.9. The smallest absolute Gasteiger partial charge is 0.312 e. The zero-order chi connectivity index (χ0) is 24.7. The standard InChI is InChI=1S/C27H22O8/c1-31-16-6-4-14(5-7-16)10-22-25(29)17-8-9-19-24(27(17)35-22)18(13-23(28)34-19)15-11-20(32-2)26(30)21(12-15)33-3/h4-12,18,30H,13H2,1-3H3/b22-10-/t18-/m1/s1. The minimum Gasteiger partial charge on any atom is -0.502 e. The molecular formula is C27H22O8. The summed E-state index contributed by atoms with van der Waals surface area (Å²) in [5, 5.41) is 10.3. The number of benzene rings is 3. The van der Waals surface area contributed by atoms with Gasteiger partial charge in [-0.25, -0.2) is 0 Å². The van der Waals surface area contributed by atoms with Gasteiger partial charge in [-0.2, -0.15) is 0 Å². The fourth-order valence-electron chi connectivity index (χ4n) is 4.36. The highest BCUT2D eigenvalue weighted by Gasteiger charge is 2.39. The van der Waals surface area contributed by atoms with Crippen molar-refractivity contribution in [2.45, 2.75) is 12.3 Å². The van der Waals surface area contributed by atoms with Gasteiger partial charge in [0.25, 0.3) is 0 Å². The molecule has 35 heavy (non-hydrogen) atoms. The number of hydrogen-bond acceptors (Lipinski definition) is 8. The van der Waals surface area contributed by atoms with Crippen molar-refractivity contribution in [3.63, 3.8) is 0 Å². The van der Waals surface area contributed by atoms with Gasteiger partial charge in [0.15, 0.2) is 17.3 Å². The molecule has 0 unspecified atom stereocenters. The van der Waals surface area contributed by atoms with Gasteiger partial charge in [-0.3, -0.25) is 9.59 Å². The summed E-state index contributed by atoms with van der Waals surface area (Å²) in [6.45, 7) is 0. The molecule has 2 aliphatic heterocycles. The van der Waals surface area contributed by atoms with E-state index in [2.05, 4.69) is 0 Å². The lowest BCUT2D eigenvalue weighted by Crippen LogP contribution is -2.21. The number of methoxy groups -OCH3 is 3. The summed E-state index contributed by atoms with van der Waals surface area (Å²) >= 11 is 0. The van der Waals surface area contributed by atoms with Gasteiger partial charge < -0.3 is 28.8 Å². The number of rotatable bonds is 5. The van der Waals surface area contributed by atoms with E-state index in [1.165, 1.54) is 14.2 Å². The Morgan fingerprint density at radius 3 is 2.23 bits per heavy atom. The van der Waals surface area contributed by atoms with Crippen molar-refractivity contribution in [2.75, 3.05) is 21.3 Å². The van der Waals surface area contributed by atoms with Crippen LogP contribution in [0.15, 0.2) is 54.3 Å². The number of allylic oxidation sites excluding steroid dienone is 1. The molecule has 0 radical (unpaired) electrons. The van der Waals surface area contributed by atoms with E-state index in [9.17, 15) is 14.7 Å². The van der Waals surface area contributed by atoms with Crippen LogP contribution < -0.4 is 23.7 Å². The van der Waals surface area contributed by atoms with Crippen LogP contribution in [0.3, 0.4) is 0 Å². The predicted octanol–water partition coefficient (Wildman–Crippen LogP) is 4.48. The highest BCUT2D eigenvalue weighted by Crippen LogP contribution is 2.51. The van der Waals surface area contributed by atoms with Gasteiger partial charge in [-0.1, -0.05) is 12.1 Å². The maximum absolute atomic E-state index is 13.2. The normalized spacial score (nSPS) is 17.3. The summed E-state index contributed by atoms with van der Waals surface area (Å²) in [4.78, 5) is 25.6. The van der Waals surface area contributed by atoms with Crippen LogP contribution in [0.5, 0.6) is 34.5 Å². The van der Waals surface area contributed by atoms with Gasteiger partial charge >= 0.3 is 5.97 Å². The largest absolute Gasteiger partial charge is 0.502 e. The molecule has 2 aliphatic rings. The summed E-state index contributed by atoms with van der Waals surface area (Å²) in [5.41, 5.74) is 2.37. The molecule has 1 N–H and O–H groups in total. The van der Waals surface area contributed by atoms with E-state index >= 15 is 0 Å². The summed E-state index contributed by atoms with van der Waals surface area (Å²) in [6.07, 6.45) is 1.67. The third-order valence-corrected chi connectivity index (χ3v) is 6.10. The molecule has 0 fully saturated rings. The first-order valence-corrected chi connectivity index (χ1v) is 10.8. The molecule has 0 saturated carbocycles. The molecule has 0 amide bonds. The van der Waals surface area contributed by atoms with Crippen LogP contribution in [-0.2, 0) is 4.79 Å². The maximum Gasteiger partial charge on any atom is 0.312 e. The molecule has 8 nitrogen and oxygen atoms in total. The number of fused-ring (bicyclic) bond motifs is 3. The molecule has 178 valence electrons. The topological polar surface area (TPSA) is 101 Å². The van der Waals surface area contributed by atoms with Crippen LogP contribution in [0.25, 0.3) is 6.08 Å². The fourth-order valence-corrected chi connectivity index (χ4v) is 4.36. The molecule has 0 aliphatic carbocycles. The fraction of sp³-hybridized carbons (Fsp3) is 0.185. The van der Waals surface area contributed by atoms with Gasteiger partial charge in [0, 0.05) is 11.5 Å². The Labute approximate surface area is 201 Å². The maximum atomic E-state index is 13.2. The van der Waals surface area contributed by atoms with E-state index in [0.29, 0.717) is 33.9 Å².